The number of hydrogen-bond acceptors (Lipinski definition) is 4. The highest BCUT2D eigenvalue weighted by molar-refractivity contribution is 5.97. The zero-order chi connectivity index (χ0) is 15.1. The standard InChI is InChI=1S/C14H20N2O4/c1-9(2)16-13(18)6-7-15-14(19)11-5-4-10(20-3)8-12(11)17/h4-5,8-9,17H,6-7H2,1-3H3,(H,15,19)(H,16,18). The average molecular weight is 280 g/mol. The summed E-state index contributed by atoms with van der Waals surface area (Å²) in [6.07, 6.45) is 0.195. The number of phenolic OH excluding ortho intramolecular Hbond substituents is 1. The van der Waals surface area contributed by atoms with Gasteiger partial charge in [0.15, 0.2) is 0 Å². The Morgan fingerprint density at radius 1 is 1.35 bits per heavy atom. The van der Waals surface area contributed by atoms with Gasteiger partial charge in [-0.15, -0.1) is 0 Å². The van der Waals surface area contributed by atoms with Crippen LogP contribution in [0.15, 0.2) is 18.2 Å². The van der Waals surface area contributed by atoms with Crippen LogP contribution in [0.3, 0.4) is 0 Å². The number of carbonyl (C=O) groups excluding carboxylic acids is 2. The number of rotatable bonds is 6. The fourth-order valence-corrected chi connectivity index (χ4v) is 1.61. The molecule has 0 aliphatic rings. The average Bonchev–Trinajstić information content (AvgIpc) is 2.37. The van der Waals surface area contributed by atoms with Gasteiger partial charge in [-0.05, 0) is 26.0 Å². The molecule has 1 aromatic carbocycles. The molecule has 0 fully saturated rings. The van der Waals surface area contributed by atoms with Crippen LogP contribution in [0.5, 0.6) is 11.5 Å². The van der Waals surface area contributed by atoms with Gasteiger partial charge in [-0.3, -0.25) is 9.59 Å². The van der Waals surface area contributed by atoms with Crippen LogP contribution in [0, 0.1) is 0 Å². The lowest BCUT2D eigenvalue weighted by atomic mass is 10.1. The van der Waals surface area contributed by atoms with Crippen molar-refractivity contribution >= 4 is 11.8 Å². The first-order valence-corrected chi connectivity index (χ1v) is 6.38. The van der Waals surface area contributed by atoms with Gasteiger partial charge in [-0.1, -0.05) is 0 Å². The van der Waals surface area contributed by atoms with Crippen LogP contribution in [0.4, 0.5) is 0 Å². The number of nitrogens with one attached hydrogen (secondary N) is 2. The minimum absolute atomic E-state index is 0.0730. The molecule has 2 amide bonds. The number of carbonyl (C=O) groups is 2. The first kappa shape index (κ1) is 15.8. The maximum Gasteiger partial charge on any atom is 0.255 e. The number of ether oxygens (including phenoxy) is 1. The van der Waals surface area contributed by atoms with Gasteiger partial charge in [-0.2, -0.15) is 0 Å². The molecule has 0 spiro atoms. The second-order valence-corrected chi connectivity index (χ2v) is 4.61. The summed E-state index contributed by atoms with van der Waals surface area (Å²) in [6, 6.07) is 4.49. The summed E-state index contributed by atoms with van der Waals surface area (Å²) in [6.45, 7) is 3.95. The third-order valence-corrected chi connectivity index (χ3v) is 2.54. The maximum atomic E-state index is 11.8. The van der Waals surface area contributed by atoms with Crippen molar-refractivity contribution in [3.8, 4) is 11.5 Å². The number of methoxy groups -OCH3 is 1. The van der Waals surface area contributed by atoms with E-state index in [1.54, 1.807) is 6.07 Å². The van der Waals surface area contributed by atoms with Gasteiger partial charge in [0.05, 0.1) is 12.7 Å². The molecule has 0 aromatic heterocycles. The molecule has 1 rings (SSSR count). The maximum absolute atomic E-state index is 11.8. The lowest BCUT2D eigenvalue weighted by Crippen LogP contribution is -2.34. The van der Waals surface area contributed by atoms with E-state index in [4.69, 9.17) is 4.74 Å². The Kier molecular flexibility index (Phi) is 5.83. The fraction of sp³-hybridized carbons (Fsp3) is 0.429. The van der Waals surface area contributed by atoms with Crippen LogP contribution < -0.4 is 15.4 Å². The quantitative estimate of drug-likeness (QED) is 0.726. The molecule has 110 valence electrons. The molecule has 0 bridgehead atoms. The topological polar surface area (TPSA) is 87.7 Å². The molecule has 0 heterocycles. The molecule has 6 heteroatoms. The summed E-state index contributed by atoms with van der Waals surface area (Å²) >= 11 is 0. The summed E-state index contributed by atoms with van der Waals surface area (Å²) < 4.78 is 4.93. The second-order valence-electron chi connectivity index (χ2n) is 4.61. The smallest absolute Gasteiger partial charge is 0.255 e. The largest absolute Gasteiger partial charge is 0.507 e. The molecule has 0 saturated heterocycles. The van der Waals surface area contributed by atoms with Gasteiger partial charge in [0.1, 0.15) is 11.5 Å². The lowest BCUT2D eigenvalue weighted by Gasteiger charge is -2.10. The van der Waals surface area contributed by atoms with Gasteiger partial charge in [-0.25, -0.2) is 0 Å². The van der Waals surface area contributed by atoms with Crippen LogP contribution in [-0.2, 0) is 4.79 Å². The van der Waals surface area contributed by atoms with Crippen LogP contribution in [0.2, 0.25) is 0 Å². The predicted octanol–water partition coefficient (Wildman–Crippen LogP) is 1.05. The minimum Gasteiger partial charge on any atom is -0.507 e. The molecule has 6 nitrogen and oxygen atoms in total. The van der Waals surface area contributed by atoms with Crippen LogP contribution in [0.25, 0.3) is 0 Å². The van der Waals surface area contributed by atoms with E-state index in [1.165, 1.54) is 19.2 Å². The van der Waals surface area contributed by atoms with Crippen molar-refractivity contribution in [2.75, 3.05) is 13.7 Å². The molecule has 0 aliphatic heterocycles. The van der Waals surface area contributed by atoms with Gasteiger partial charge < -0.3 is 20.5 Å². The number of aromatic hydroxyl groups is 1. The Labute approximate surface area is 118 Å². The Morgan fingerprint density at radius 3 is 2.60 bits per heavy atom. The van der Waals surface area contributed by atoms with E-state index in [2.05, 4.69) is 10.6 Å². The van der Waals surface area contributed by atoms with Crippen LogP contribution >= 0.6 is 0 Å². The van der Waals surface area contributed by atoms with Crippen molar-refractivity contribution in [1.82, 2.24) is 10.6 Å². The van der Waals surface area contributed by atoms with Crippen molar-refractivity contribution in [1.29, 1.82) is 0 Å². The van der Waals surface area contributed by atoms with Gasteiger partial charge in [0.2, 0.25) is 5.91 Å². The van der Waals surface area contributed by atoms with E-state index in [1.807, 2.05) is 13.8 Å². The number of benzene rings is 1. The predicted molar refractivity (Wildman–Crippen MR) is 74.9 cm³/mol. The Morgan fingerprint density at radius 2 is 2.05 bits per heavy atom. The van der Waals surface area contributed by atoms with Crippen LogP contribution in [-0.4, -0.2) is 36.6 Å². The van der Waals surface area contributed by atoms with Crippen molar-refractivity contribution in [3.05, 3.63) is 23.8 Å². The summed E-state index contributed by atoms with van der Waals surface area (Å²) in [5.74, 6) is -0.245. The molecular formula is C14H20N2O4. The Bertz CT molecular complexity index is 486. The van der Waals surface area contributed by atoms with E-state index in [0.29, 0.717) is 5.75 Å². The van der Waals surface area contributed by atoms with Crippen molar-refractivity contribution < 1.29 is 19.4 Å². The number of phenols is 1. The van der Waals surface area contributed by atoms with Gasteiger partial charge >= 0.3 is 0 Å². The van der Waals surface area contributed by atoms with E-state index < -0.39 is 5.91 Å². The minimum atomic E-state index is -0.428. The zero-order valence-electron chi connectivity index (χ0n) is 11.9. The SMILES string of the molecule is COc1ccc(C(=O)NCCC(=O)NC(C)C)c(O)c1. The highest BCUT2D eigenvalue weighted by atomic mass is 16.5. The Hall–Kier alpha value is -2.24. The summed E-state index contributed by atoms with van der Waals surface area (Å²) in [4.78, 5) is 23.2. The van der Waals surface area contributed by atoms with E-state index in [9.17, 15) is 14.7 Å². The molecule has 20 heavy (non-hydrogen) atoms. The molecule has 0 saturated carbocycles. The third-order valence-electron chi connectivity index (χ3n) is 2.54. The normalized spacial score (nSPS) is 10.2. The monoisotopic (exact) mass is 280 g/mol. The molecule has 0 aliphatic carbocycles. The molecule has 1 aromatic rings. The number of hydrogen-bond donors (Lipinski definition) is 3. The highest BCUT2D eigenvalue weighted by Gasteiger charge is 2.12. The first-order chi connectivity index (χ1) is 9.43. The highest BCUT2D eigenvalue weighted by Crippen LogP contribution is 2.23. The molecule has 0 unspecified atom stereocenters. The summed E-state index contributed by atoms with van der Waals surface area (Å²) in [5.41, 5.74) is 0.148. The fourth-order valence-electron chi connectivity index (χ4n) is 1.61. The van der Waals surface area contributed by atoms with Gasteiger partial charge in [0.25, 0.3) is 5.91 Å². The van der Waals surface area contributed by atoms with Crippen LogP contribution in [0.1, 0.15) is 30.6 Å². The third kappa shape index (κ3) is 4.79. The van der Waals surface area contributed by atoms with E-state index in [-0.39, 0.29) is 36.2 Å². The summed E-state index contributed by atoms with van der Waals surface area (Å²) in [5, 5.41) is 15.0. The molecule has 0 atom stereocenters. The summed E-state index contributed by atoms with van der Waals surface area (Å²) in [7, 11) is 1.47. The van der Waals surface area contributed by atoms with E-state index in [0.717, 1.165) is 0 Å². The lowest BCUT2D eigenvalue weighted by molar-refractivity contribution is -0.121. The zero-order valence-corrected chi connectivity index (χ0v) is 11.9. The number of amides is 2. The van der Waals surface area contributed by atoms with Gasteiger partial charge in [0, 0.05) is 25.1 Å². The van der Waals surface area contributed by atoms with Crippen molar-refractivity contribution in [2.45, 2.75) is 26.3 Å². The molecular weight excluding hydrogens is 260 g/mol. The van der Waals surface area contributed by atoms with Crippen molar-refractivity contribution in [3.63, 3.8) is 0 Å². The van der Waals surface area contributed by atoms with E-state index >= 15 is 0 Å². The Balaban J connectivity index is 2.49. The first-order valence-electron chi connectivity index (χ1n) is 6.38. The second kappa shape index (κ2) is 7.37. The molecule has 3 N–H and O–H groups in total. The molecule has 0 radical (unpaired) electrons. The van der Waals surface area contributed by atoms with Crippen molar-refractivity contribution in [2.24, 2.45) is 0 Å².